The maximum Gasteiger partial charge on any atom is 0.323 e. The number of hydrogen-bond donors (Lipinski definition) is 1. The standard InChI is InChI=1S/C16H18N2O2/c19-16(20)11-18(12-5-1-2-6-12)15-9-10-17-14-8-4-3-7-13(14)15/h3-4,7-10,12H,1-2,5-6,11H2,(H,19,20). The van der Waals surface area contributed by atoms with Crippen molar-refractivity contribution >= 4 is 22.6 Å². The van der Waals surface area contributed by atoms with Gasteiger partial charge in [0.25, 0.3) is 0 Å². The molecule has 4 nitrogen and oxygen atoms in total. The Balaban J connectivity index is 2.05. The molecule has 0 saturated heterocycles. The molecule has 1 aliphatic carbocycles. The highest BCUT2D eigenvalue weighted by Crippen LogP contribution is 2.32. The Morgan fingerprint density at radius 2 is 2.00 bits per heavy atom. The molecule has 1 heterocycles. The summed E-state index contributed by atoms with van der Waals surface area (Å²) in [7, 11) is 0. The third-order valence-corrected chi connectivity index (χ3v) is 4.01. The van der Waals surface area contributed by atoms with Crippen LogP contribution in [0.4, 0.5) is 5.69 Å². The molecular formula is C16H18N2O2. The van der Waals surface area contributed by atoms with Gasteiger partial charge < -0.3 is 10.0 Å². The molecule has 1 aromatic carbocycles. The smallest absolute Gasteiger partial charge is 0.323 e. The maximum atomic E-state index is 11.2. The number of aliphatic carboxylic acids is 1. The van der Waals surface area contributed by atoms with Crippen molar-refractivity contribution < 1.29 is 9.90 Å². The van der Waals surface area contributed by atoms with E-state index >= 15 is 0 Å². The second kappa shape index (κ2) is 5.49. The molecule has 3 rings (SSSR count). The van der Waals surface area contributed by atoms with Crippen LogP contribution in [0.2, 0.25) is 0 Å². The number of pyridine rings is 1. The maximum absolute atomic E-state index is 11.2. The summed E-state index contributed by atoms with van der Waals surface area (Å²) in [5.41, 5.74) is 1.91. The molecule has 1 N–H and O–H groups in total. The van der Waals surface area contributed by atoms with Crippen molar-refractivity contribution in [3.63, 3.8) is 0 Å². The Morgan fingerprint density at radius 1 is 1.25 bits per heavy atom. The van der Waals surface area contributed by atoms with Crippen molar-refractivity contribution in [2.75, 3.05) is 11.4 Å². The molecule has 1 aromatic heterocycles. The SMILES string of the molecule is O=C(O)CN(c1ccnc2ccccc12)C1CCCC1. The molecule has 1 saturated carbocycles. The first-order valence-corrected chi connectivity index (χ1v) is 7.08. The van der Waals surface area contributed by atoms with Crippen LogP contribution >= 0.6 is 0 Å². The van der Waals surface area contributed by atoms with Crippen LogP contribution < -0.4 is 4.90 Å². The molecule has 2 aromatic rings. The van der Waals surface area contributed by atoms with E-state index in [1.807, 2.05) is 35.2 Å². The Labute approximate surface area is 118 Å². The molecule has 0 amide bonds. The fourth-order valence-electron chi connectivity index (χ4n) is 3.10. The molecule has 4 heteroatoms. The number of carboxylic acid groups (broad SMARTS) is 1. The van der Waals surface area contributed by atoms with Crippen LogP contribution in [0.25, 0.3) is 10.9 Å². The quantitative estimate of drug-likeness (QED) is 0.927. The summed E-state index contributed by atoms with van der Waals surface area (Å²) in [6.45, 7) is 0.0542. The number of anilines is 1. The summed E-state index contributed by atoms with van der Waals surface area (Å²) < 4.78 is 0. The lowest BCUT2D eigenvalue weighted by Crippen LogP contribution is -2.37. The average molecular weight is 270 g/mol. The summed E-state index contributed by atoms with van der Waals surface area (Å²) in [6, 6.07) is 10.2. The third-order valence-electron chi connectivity index (χ3n) is 4.01. The number of carbonyl (C=O) groups is 1. The highest BCUT2D eigenvalue weighted by Gasteiger charge is 2.25. The zero-order valence-electron chi connectivity index (χ0n) is 11.3. The molecule has 0 spiro atoms. The fraction of sp³-hybridized carbons (Fsp3) is 0.375. The molecular weight excluding hydrogens is 252 g/mol. The van der Waals surface area contributed by atoms with E-state index < -0.39 is 5.97 Å². The second-order valence-corrected chi connectivity index (χ2v) is 5.31. The number of aromatic nitrogens is 1. The normalized spacial score (nSPS) is 15.6. The van der Waals surface area contributed by atoms with E-state index in [0.29, 0.717) is 6.04 Å². The van der Waals surface area contributed by atoms with E-state index in [-0.39, 0.29) is 6.54 Å². The van der Waals surface area contributed by atoms with Crippen LogP contribution in [0.3, 0.4) is 0 Å². The summed E-state index contributed by atoms with van der Waals surface area (Å²) in [5, 5.41) is 10.3. The molecule has 0 unspecified atom stereocenters. The van der Waals surface area contributed by atoms with Gasteiger partial charge in [-0.15, -0.1) is 0 Å². The highest BCUT2D eigenvalue weighted by molar-refractivity contribution is 5.92. The largest absolute Gasteiger partial charge is 0.480 e. The lowest BCUT2D eigenvalue weighted by atomic mass is 10.1. The Morgan fingerprint density at radius 3 is 2.75 bits per heavy atom. The Hall–Kier alpha value is -2.10. The average Bonchev–Trinajstić information content (AvgIpc) is 2.98. The van der Waals surface area contributed by atoms with Crippen LogP contribution in [0.15, 0.2) is 36.5 Å². The van der Waals surface area contributed by atoms with Crippen LogP contribution in [0.5, 0.6) is 0 Å². The summed E-state index contributed by atoms with van der Waals surface area (Å²) in [4.78, 5) is 17.6. The minimum atomic E-state index is -0.780. The first kappa shape index (κ1) is 12.9. The molecule has 104 valence electrons. The first-order chi connectivity index (χ1) is 9.75. The van der Waals surface area contributed by atoms with Gasteiger partial charge in [0.05, 0.1) is 5.52 Å². The van der Waals surface area contributed by atoms with Crippen LogP contribution in [-0.2, 0) is 4.79 Å². The predicted octanol–water partition coefficient (Wildman–Crippen LogP) is 3.07. The molecule has 0 atom stereocenters. The fourth-order valence-corrected chi connectivity index (χ4v) is 3.10. The number of rotatable bonds is 4. The van der Waals surface area contributed by atoms with E-state index in [1.165, 1.54) is 12.8 Å². The predicted molar refractivity (Wildman–Crippen MR) is 79.0 cm³/mol. The van der Waals surface area contributed by atoms with Crippen molar-refractivity contribution in [3.8, 4) is 0 Å². The lowest BCUT2D eigenvalue weighted by Gasteiger charge is -2.30. The minimum Gasteiger partial charge on any atom is -0.480 e. The van der Waals surface area contributed by atoms with Crippen molar-refractivity contribution in [1.82, 2.24) is 4.98 Å². The minimum absolute atomic E-state index is 0.0542. The van der Waals surface area contributed by atoms with Gasteiger partial charge in [0.1, 0.15) is 6.54 Å². The molecule has 0 aliphatic heterocycles. The highest BCUT2D eigenvalue weighted by atomic mass is 16.4. The second-order valence-electron chi connectivity index (χ2n) is 5.31. The third kappa shape index (κ3) is 2.46. The van der Waals surface area contributed by atoms with E-state index in [2.05, 4.69) is 4.98 Å². The van der Waals surface area contributed by atoms with Crippen LogP contribution in [-0.4, -0.2) is 28.6 Å². The van der Waals surface area contributed by atoms with Gasteiger partial charge in [0.2, 0.25) is 0 Å². The number of para-hydroxylation sites is 1. The summed E-state index contributed by atoms with van der Waals surface area (Å²) in [6.07, 6.45) is 6.28. The van der Waals surface area contributed by atoms with Crippen molar-refractivity contribution in [3.05, 3.63) is 36.5 Å². The first-order valence-electron chi connectivity index (χ1n) is 7.08. The van der Waals surface area contributed by atoms with Gasteiger partial charge in [0, 0.05) is 23.3 Å². The number of carboxylic acids is 1. The molecule has 20 heavy (non-hydrogen) atoms. The topological polar surface area (TPSA) is 53.4 Å². The van der Waals surface area contributed by atoms with Gasteiger partial charge in [-0.3, -0.25) is 9.78 Å². The summed E-state index contributed by atoms with van der Waals surface area (Å²) >= 11 is 0. The van der Waals surface area contributed by atoms with E-state index in [4.69, 9.17) is 0 Å². The van der Waals surface area contributed by atoms with Gasteiger partial charge in [0.15, 0.2) is 0 Å². The van der Waals surface area contributed by atoms with Gasteiger partial charge in [-0.1, -0.05) is 31.0 Å². The molecule has 0 bridgehead atoms. The number of hydrogen-bond acceptors (Lipinski definition) is 3. The monoisotopic (exact) mass is 270 g/mol. The number of fused-ring (bicyclic) bond motifs is 1. The van der Waals surface area contributed by atoms with Crippen LogP contribution in [0.1, 0.15) is 25.7 Å². The number of benzene rings is 1. The molecule has 1 aliphatic rings. The van der Waals surface area contributed by atoms with Gasteiger partial charge in [-0.05, 0) is 25.0 Å². The van der Waals surface area contributed by atoms with Gasteiger partial charge in [-0.2, -0.15) is 0 Å². The zero-order chi connectivity index (χ0) is 13.9. The van der Waals surface area contributed by atoms with E-state index in [1.54, 1.807) is 6.20 Å². The van der Waals surface area contributed by atoms with Crippen LogP contribution in [0, 0.1) is 0 Å². The van der Waals surface area contributed by atoms with Crippen molar-refractivity contribution in [2.45, 2.75) is 31.7 Å². The van der Waals surface area contributed by atoms with E-state index in [0.717, 1.165) is 29.4 Å². The zero-order valence-corrected chi connectivity index (χ0v) is 11.3. The Bertz CT molecular complexity index is 615. The summed E-state index contributed by atoms with van der Waals surface area (Å²) in [5.74, 6) is -0.780. The lowest BCUT2D eigenvalue weighted by molar-refractivity contribution is -0.135. The number of nitrogens with zero attached hydrogens (tertiary/aromatic N) is 2. The van der Waals surface area contributed by atoms with Crippen molar-refractivity contribution in [1.29, 1.82) is 0 Å². The van der Waals surface area contributed by atoms with Gasteiger partial charge in [-0.25, -0.2) is 0 Å². The van der Waals surface area contributed by atoms with E-state index in [9.17, 15) is 9.90 Å². The van der Waals surface area contributed by atoms with Gasteiger partial charge >= 0.3 is 5.97 Å². The van der Waals surface area contributed by atoms with Crippen molar-refractivity contribution in [2.24, 2.45) is 0 Å². The molecule has 1 fully saturated rings. The molecule has 0 radical (unpaired) electrons. The Kier molecular flexibility index (Phi) is 3.54.